The van der Waals surface area contributed by atoms with Gasteiger partial charge < -0.3 is 9.76 Å². The van der Waals surface area contributed by atoms with E-state index in [-0.39, 0.29) is 5.41 Å². The van der Waals surface area contributed by atoms with Gasteiger partial charge in [0.1, 0.15) is 0 Å². The third kappa shape index (κ3) is 7.54. The molecule has 1 radical (unpaired) electrons. The van der Waals surface area contributed by atoms with Crippen LogP contribution in [-0.2, 0) is 10.1 Å². The predicted octanol–water partition coefficient (Wildman–Crippen LogP) is 9.26. The molecule has 0 saturated heterocycles. The molecule has 0 fully saturated rings. The van der Waals surface area contributed by atoms with E-state index in [1.54, 1.807) is 0 Å². The summed E-state index contributed by atoms with van der Waals surface area (Å²) < 4.78 is 6.18. The molecule has 1 aliphatic carbocycles. The molecule has 3 heteroatoms. The Morgan fingerprint density at radius 2 is 1.21 bits per heavy atom. The maximum atomic E-state index is 10.6. The fourth-order valence-electron chi connectivity index (χ4n) is 5.98. The van der Waals surface area contributed by atoms with Gasteiger partial charge in [-0.2, -0.15) is 0 Å². The Morgan fingerprint density at radius 3 is 1.79 bits per heavy atom. The molecule has 2 nitrogen and oxygen atoms in total. The summed E-state index contributed by atoms with van der Waals surface area (Å²) in [6.07, 6.45) is 18.4. The van der Waals surface area contributed by atoms with Crippen molar-refractivity contribution in [3.63, 3.8) is 0 Å². The molecule has 3 rings (SSSR count). The van der Waals surface area contributed by atoms with Crippen molar-refractivity contribution in [2.24, 2.45) is 0 Å². The lowest BCUT2D eigenvalue weighted by molar-refractivity contribution is -0.0893. The molecule has 0 aliphatic heterocycles. The van der Waals surface area contributed by atoms with Gasteiger partial charge in [0.25, 0.3) is 0 Å². The Hall–Kier alpha value is -1.58. The lowest BCUT2D eigenvalue weighted by Crippen LogP contribution is -2.49. The van der Waals surface area contributed by atoms with Crippen LogP contribution < -0.4 is 5.46 Å². The molecular weight excluding hydrogens is 463 g/mol. The molecular formula is C35H54BO2. The Balaban J connectivity index is 1.89. The van der Waals surface area contributed by atoms with Crippen LogP contribution in [0.15, 0.2) is 42.5 Å². The van der Waals surface area contributed by atoms with E-state index in [9.17, 15) is 5.11 Å². The first-order valence-electron chi connectivity index (χ1n) is 15.6. The van der Waals surface area contributed by atoms with Gasteiger partial charge in [0.05, 0.1) is 11.2 Å². The zero-order valence-corrected chi connectivity index (χ0v) is 25.4. The third-order valence-electron chi connectivity index (χ3n) is 9.17. The van der Waals surface area contributed by atoms with E-state index in [0.29, 0.717) is 0 Å². The molecule has 0 unspecified atom stereocenters. The summed E-state index contributed by atoms with van der Waals surface area (Å²) >= 11 is 0. The van der Waals surface area contributed by atoms with Crippen LogP contribution in [0, 0.1) is 0 Å². The van der Waals surface area contributed by atoms with Crippen molar-refractivity contribution in [3.05, 3.63) is 53.6 Å². The summed E-state index contributed by atoms with van der Waals surface area (Å²) in [4.78, 5) is 0. The molecule has 0 heterocycles. The maximum absolute atomic E-state index is 10.6. The Labute approximate surface area is 235 Å². The minimum atomic E-state index is -0.935. The van der Waals surface area contributed by atoms with Gasteiger partial charge in [0.15, 0.2) is 0 Å². The number of benzene rings is 2. The van der Waals surface area contributed by atoms with Gasteiger partial charge in [-0.25, -0.2) is 0 Å². The van der Waals surface area contributed by atoms with E-state index in [2.05, 4.69) is 56.3 Å². The monoisotopic (exact) mass is 517 g/mol. The second-order valence-electron chi connectivity index (χ2n) is 12.8. The van der Waals surface area contributed by atoms with Crippen LogP contribution >= 0.6 is 0 Å². The predicted molar refractivity (Wildman–Crippen MR) is 165 cm³/mol. The topological polar surface area (TPSA) is 29.5 Å². The Kier molecular flexibility index (Phi) is 11.5. The van der Waals surface area contributed by atoms with Crippen LogP contribution in [0.25, 0.3) is 11.1 Å². The summed E-state index contributed by atoms with van der Waals surface area (Å²) in [5.41, 5.74) is 5.39. The first kappa shape index (κ1) is 31.0. The molecule has 0 amide bonds. The van der Waals surface area contributed by atoms with Gasteiger partial charge >= 0.3 is 7.48 Å². The van der Waals surface area contributed by atoms with Crippen molar-refractivity contribution < 1.29 is 9.76 Å². The summed E-state index contributed by atoms with van der Waals surface area (Å²) in [6, 6.07) is 16.1. The molecule has 0 saturated carbocycles. The van der Waals surface area contributed by atoms with Crippen LogP contribution in [0.2, 0.25) is 0 Å². The van der Waals surface area contributed by atoms with E-state index in [0.717, 1.165) is 5.46 Å². The molecule has 1 N–H and O–H groups in total. The highest BCUT2D eigenvalue weighted by atomic mass is 16.5. The molecule has 2 aromatic carbocycles. The normalized spacial score (nSPS) is 14.4. The van der Waals surface area contributed by atoms with Crippen molar-refractivity contribution in [2.45, 2.75) is 148 Å². The molecule has 1 aliphatic rings. The van der Waals surface area contributed by atoms with Crippen molar-refractivity contribution in [3.8, 4) is 11.1 Å². The van der Waals surface area contributed by atoms with Crippen LogP contribution in [-0.4, -0.2) is 23.8 Å². The van der Waals surface area contributed by atoms with Gasteiger partial charge in [-0.15, -0.1) is 0 Å². The van der Waals surface area contributed by atoms with Crippen LogP contribution in [0.4, 0.5) is 0 Å². The number of aliphatic hydroxyl groups is 1. The second kappa shape index (κ2) is 14.2. The summed E-state index contributed by atoms with van der Waals surface area (Å²) in [5.74, 6) is 0. The van der Waals surface area contributed by atoms with Gasteiger partial charge in [-0.05, 0) is 62.8 Å². The average molecular weight is 518 g/mol. The van der Waals surface area contributed by atoms with Crippen molar-refractivity contribution >= 4 is 12.9 Å². The highest BCUT2D eigenvalue weighted by Gasteiger charge is 2.42. The van der Waals surface area contributed by atoms with Crippen molar-refractivity contribution in [2.75, 3.05) is 0 Å². The van der Waals surface area contributed by atoms with Crippen LogP contribution in [0.1, 0.15) is 143 Å². The standard InChI is InChI=1S/C35H54BO2/c1-7-9-11-13-15-19-25-35(26-20-16-14-12-10-8-2)31-22-18-17-21-29(31)30-24-23-28(27-32(30)35)36-38-34(5,6)33(3,4)37/h17-18,21-24,27,37H,7-16,19-20,25-26H2,1-6H3. The first-order valence-corrected chi connectivity index (χ1v) is 15.6. The van der Waals surface area contributed by atoms with Gasteiger partial charge in [0, 0.05) is 5.41 Å². The number of rotatable bonds is 18. The summed E-state index contributed by atoms with van der Waals surface area (Å²) in [5, 5.41) is 10.6. The largest absolute Gasteiger partial charge is 0.427 e. The molecule has 209 valence electrons. The lowest BCUT2D eigenvalue weighted by atomic mass is 9.69. The molecule has 0 spiro atoms. The minimum absolute atomic E-state index is 0.0804. The number of hydrogen-bond donors (Lipinski definition) is 1. The van der Waals surface area contributed by atoms with Crippen molar-refractivity contribution in [1.82, 2.24) is 0 Å². The van der Waals surface area contributed by atoms with Crippen LogP contribution in [0.5, 0.6) is 0 Å². The van der Waals surface area contributed by atoms with E-state index < -0.39 is 11.2 Å². The summed E-state index contributed by atoms with van der Waals surface area (Å²) in [7, 11) is 1.86. The van der Waals surface area contributed by atoms with Crippen molar-refractivity contribution in [1.29, 1.82) is 0 Å². The third-order valence-corrected chi connectivity index (χ3v) is 9.17. The van der Waals surface area contributed by atoms with Gasteiger partial charge in [-0.3, -0.25) is 0 Å². The first-order chi connectivity index (χ1) is 18.2. The molecule has 0 atom stereocenters. The van der Waals surface area contributed by atoms with E-state index in [1.807, 2.05) is 35.2 Å². The lowest BCUT2D eigenvalue weighted by Gasteiger charge is -2.37. The number of unbranched alkanes of at least 4 members (excludes halogenated alkanes) is 10. The minimum Gasteiger partial charge on any atom is -0.427 e. The van der Waals surface area contributed by atoms with E-state index in [1.165, 1.54) is 112 Å². The number of fused-ring (bicyclic) bond motifs is 3. The Morgan fingerprint density at radius 1 is 0.684 bits per heavy atom. The smallest absolute Gasteiger partial charge is 0.330 e. The maximum Gasteiger partial charge on any atom is 0.330 e. The molecule has 38 heavy (non-hydrogen) atoms. The van der Waals surface area contributed by atoms with Gasteiger partial charge in [0.2, 0.25) is 0 Å². The van der Waals surface area contributed by atoms with E-state index in [4.69, 9.17) is 4.65 Å². The fourth-order valence-corrected chi connectivity index (χ4v) is 5.98. The Bertz CT molecular complexity index is 972. The molecule has 0 bridgehead atoms. The SMILES string of the molecule is CCCCCCCCC1(CCCCCCCC)c2ccccc2-c2ccc([B]OC(C)(C)C(C)(C)O)cc21. The highest BCUT2D eigenvalue weighted by molar-refractivity contribution is 6.47. The quantitative estimate of drug-likeness (QED) is 0.158. The average Bonchev–Trinajstić information content (AvgIpc) is 3.16. The van der Waals surface area contributed by atoms with Gasteiger partial charge in [-0.1, -0.05) is 139 Å². The number of hydrogen-bond acceptors (Lipinski definition) is 2. The van der Waals surface area contributed by atoms with Crippen LogP contribution in [0.3, 0.4) is 0 Å². The second-order valence-corrected chi connectivity index (χ2v) is 12.8. The highest BCUT2D eigenvalue weighted by Crippen LogP contribution is 2.53. The zero-order chi connectivity index (χ0) is 27.7. The van der Waals surface area contributed by atoms with E-state index >= 15 is 0 Å². The zero-order valence-electron chi connectivity index (χ0n) is 25.4. The summed E-state index contributed by atoms with van der Waals surface area (Å²) in [6.45, 7) is 12.1. The fraction of sp³-hybridized carbons (Fsp3) is 0.657. The molecule has 0 aromatic heterocycles. The molecule has 2 aromatic rings.